The number of hydrogen-bond acceptors (Lipinski definition) is 2. The molecule has 0 aromatic heterocycles. The summed E-state index contributed by atoms with van der Waals surface area (Å²) >= 11 is 0. The van der Waals surface area contributed by atoms with Gasteiger partial charge in [-0.1, -0.05) is 0 Å². The van der Waals surface area contributed by atoms with Crippen molar-refractivity contribution < 1.29 is 0 Å². The van der Waals surface area contributed by atoms with Gasteiger partial charge in [0.05, 0.1) is 0 Å². The van der Waals surface area contributed by atoms with Crippen LogP contribution in [-0.4, -0.2) is 35.6 Å². The van der Waals surface area contributed by atoms with Crippen molar-refractivity contribution in [2.75, 3.05) is 13.1 Å². The molecule has 1 N–H and O–H groups in total. The van der Waals surface area contributed by atoms with Crippen molar-refractivity contribution in [1.29, 1.82) is 0 Å². The van der Waals surface area contributed by atoms with Crippen LogP contribution in [-0.2, 0) is 0 Å². The molecule has 2 fully saturated rings. The fourth-order valence-corrected chi connectivity index (χ4v) is 2.22. The average Bonchev–Trinajstić information content (AvgIpc) is 2.76. The highest BCUT2D eigenvalue weighted by molar-refractivity contribution is 5.08. The van der Waals surface area contributed by atoms with Gasteiger partial charge in [-0.25, -0.2) is 0 Å². The lowest BCUT2D eigenvalue weighted by Gasteiger charge is -2.41. The minimum Gasteiger partial charge on any atom is -0.308 e. The summed E-state index contributed by atoms with van der Waals surface area (Å²) in [6.45, 7) is 9.38. The lowest BCUT2D eigenvalue weighted by atomic mass is 10.1. The molecule has 0 amide bonds. The molecule has 12 heavy (non-hydrogen) atoms. The Bertz CT molecular complexity index is 173. The number of nitrogens with one attached hydrogen (secondary N) is 1. The monoisotopic (exact) mass is 168 g/mol. The number of hydrogen-bond donors (Lipinski definition) is 1. The van der Waals surface area contributed by atoms with Gasteiger partial charge in [0, 0.05) is 30.7 Å². The van der Waals surface area contributed by atoms with Gasteiger partial charge in [-0.3, -0.25) is 4.90 Å². The maximum atomic E-state index is 3.66. The Morgan fingerprint density at radius 1 is 1.42 bits per heavy atom. The van der Waals surface area contributed by atoms with E-state index < -0.39 is 0 Å². The Morgan fingerprint density at radius 3 is 2.58 bits per heavy atom. The summed E-state index contributed by atoms with van der Waals surface area (Å²) in [6.07, 6.45) is 2.78. The Kier molecular flexibility index (Phi) is 1.92. The van der Waals surface area contributed by atoms with E-state index in [-0.39, 0.29) is 0 Å². The third-order valence-corrected chi connectivity index (χ3v) is 3.34. The fraction of sp³-hybridized carbons (Fsp3) is 1.00. The predicted molar refractivity (Wildman–Crippen MR) is 51.3 cm³/mol. The summed E-state index contributed by atoms with van der Waals surface area (Å²) in [5.74, 6) is 0. The van der Waals surface area contributed by atoms with Gasteiger partial charge in [0.25, 0.3) is 0 Å². The SMILES string of the molecule is CC(C)N1CC2(CC2)NCC1C. The van der Waals surface area contributed by atoms with Crippen molar-refractivity contribution in [3.05, 3.63) is 0 Å². The van der Waals surface area contributed by atoms with Gasteiger partial charge in [-0.15, -0.1) is 0 Å². The summed E-state index contributed by atoms with van der Waals surface area (Å²) in [5, 5.41) is 3.66. The second kappa shape index (κ2) is 2.71. The van der Waals surface area contributed by atoms with Crippen molar-refractivity contribution in [1.82, 2.24) is 10.2 Å². The maximum absolute atomic E-state index is 3.66. The largest absolute Gasteiger partial charge is 0.308 e. The highest BCUT2D eigenvalue weighted by Crippen LogP contribution is 2.38. The molecule has 2 rings (SSSR count). The summed E-state index contributed by atoms with van der Waals surface area (Å²) < 4.78 is 0. The molecule has 1 spiro atoms. The van der Waals surface area contributed by atoms with Crippen LogP contribution in [0, 0.1) is 0 Å². The minimum absolute atomic E-state index is 0.538. The number of nitrogens with zero attached hydrogens (tertiary/aromatic N) is 1. The lowest BCUT2D eigenvalue weighted by Crippen LogP contribution is -2.58. The molecule has 1 atom stereocenters. The topological polar surface area (TPSA) is 15.3 Å². The molecule has 2 nitrogen and oxygen atoms in total. The first kappa shape index (κ1) is 8.52. The predicted octanol–water partition coefficient (Wildman–Crippen LogP) is 1.22. The van der Waals surface area contributed by atoms with E-state index in [4.69, 9.17) is 0 Å². The molecule has 0 radical (unpaired) electrons. The van der Waals surface area contributed by atoms with Gasteiger partial charge in [0.15, 0.2) is 0 Å². The van der Waals surface area contributed by atoms with Gasteiger partial charge >= 0.3 is 0 Å². The van der Waals surface area contributed by atoms with E-state index >= 15 is 0 Å². The zero-order chi connectivity index (χ0) is 8.77. The Labute approximate surface area is 75.3 Å². The molecule has 1 saturated carbocycles. The molecule has 0 aromatic rings. The van der Waals surface area contributed by atoms with Crippen LogP contribution < -0.4 is 5.32 Å². The zero-order valence-electron chi connectivity index (χ0n) is 8.43. The van der Waals surface area contributed by atoms with Crippen LogP contribution in [0.15, 0.2) is 0 Å². The third kappa shape index (κ3) is 1.38. The Morgan fingerprint density at radius 2 is 2.08 bits per heavy atom. The molecule has 0 bridgehead atoms. The van der Waals surface area contributed by atoms with E-state index in [0.29, 0.717) is 11.6 Å². The second-order valence-electron chi connectivity index (χ2n) is 4.78. The smallest absolute Gasteiger partial charge is 0.0311 e. The molecule has 1 heterocycles. The van der Waals surface area contributed by atoms with Gasteiger partial charge < -0.3 is 5.32 Å². The van der Waals surface area contributed by atoms with Crippen LogP contribution in [0.3, 0.4) is 0 Å². The average molecular weight is 168 g/mol. The summed E-state index contributed by atoms with van der Waals surface area (Å²) in [5.41, 5.74) is 0.538. The van der Waals surface area contributed by atoms with Gasteiger partial charge in [0.2, 0.25) is 0 Å². The maximum Gasteiger partial charge on any atom is 0.0311 e. The second-order valence-corrected chi connectivity index (χ2v) is 4.78. The Hall–Kier alpha value is -0.0800. The molecular weight excluding hydrogens is 148 g/mol. The van der Waals surface area contributed by atoms with E-state index in [1.54, 1.807) is 0 Å². The summed E-state index contributed by atoms with van der Waals surface area (Å²) in [4.78, 5) is 2.63. The van der Waals surface area contributed by atoms with E-state index in [1.165, 1.54) is 25.9 Å². The molecule has 1 saturated heterocycles. The highest BCUT2D eigenvalue weighted by Gasteiger charge is 2.47. The van der Waals surface area contributed by atoms with Crippen molar-refractivity contribution in [3.63, 3.8) is 0 Å². The van der Waals surface area contributed by atoms with Crippen molar-refractivity contribution in [2.45, 2.75) is 51.2 Å². The fourth-order valence-electron chi connectivity index (χ4n) is 2.22. The first-order chi connectivity index (χ1) is 5.63. The standard InChI is InChI=1S/C10H20N2/c1-8(2)12-7-10(4-5-10)11-6-9(12)3/h8-9,11H,4-7H2,1-3H3. The van der Waals surface area contributed by atoms with Crippen molar-refractivity contribution in [2.24, 2.45) is 0 Å². The molecule has 0 aromatic carbocycles. The van der Waals surface area contributed by atoms with Crippen LogP contribution in [0.2, 0.25) is 0 Å². The minimum atomic E-state index is 0.538. The van der Waals surface area contributed by atoms with Crippen LogP contribution in [0.1, 0.15) is 33.6 Å². The first-order valence-electron chi connectivity index (χ1n) is 5.14. The molecular formula is C10H20N2. The van der Waals surface area contributed by atoms with Crippen molar-refractivity contribution >= 4 is 0 Å². The quantitative estimate of drug-likeness (QED) is 0.633. The molecule has 2 heteroatoms. The Balaban J connectivity index is 2.00. The van der Waals surface area contributed by atoms with Crippen molar-refractivity contribution in [3.8, 4) is 0 Å². The van der Waals surface area contributed by atoms with Gasteiger partial charge in [-0.05, 0) is 33.6 Å². The molecule has 1 aliphatic carbocycles. The van der Waals surface area contributed by atoms with Gasteiger partial charge in [0.1, 0.15) is 0 Å². The highest BCUT2D eigenvalue weighted by atomic mass is 15.3. The summed E-state index contributed by atoms with van der Waals surface area (Å²) in [6, 6.07) is 1.43. The number of rotatable bonds is 1. The normalized spacial score (nSPS) is 34.5. The molecule has 1 aliphatic heterocycles. The van der Waals surface area contributed by atoms with E-state index in [0.717, 1.165) is 6.04 Å². The summed E-state index contributed by atoms with van der Waals surface area (Å²) in [7, 11) is 0. The molecule has 2 aliphatic rings. The molecule has 1 unspecified atom stereocenters. The number of piperazine rings is 1. The van der Waals surface area contributed by atoms with Gasteiger partial charge in [-0.2, -0.15) is 0 Å². The van der Waals surface area contributed by atoms with Crippen LogP contribution >= 0.6 is 0 Å². The van der Waals surface area contributed by atoms with Crippen LogP contribution in [0.5, 0.6) is 0 Å². The first-order valence-corrected chi connectivity index (χ1v) is 5.14. The van der Waals surface area contributed by atoms with Crippen LogP contribution in [0.4, 0.5) is 0 Å². The zero-order valence-corrected chi connectivity index (χ0v) is 8.43. The lowest BCUT2D eigenvalue weighted by molar-refractivity contribution is 0.0992. The van der Waals surface area contributed by atoms with E-state index in [2.05, 4.69) is 31.0 Å². The van der Waals surface area contributed by atoms with Crippen LogP contribution in [0.25, 0.3) is 0 Å². The van der Waals surface area contributed by atoms with E-state index in [1.807, 2.05) is 0 Å². The third-order valence-electron chi connectivity index (χ3n) is 3.34. The molecule has 70 valence electrons. The van der Waals surface area contributed by atoms with E-state index in [9.17, 15) is 0 Å².